The molecule has 1 aliphatic carbocycles. The molecular weight excluding hydrogens is 1140 g/mol. The van der Waals surface area contributed by atoms with Crippen molar-refractivity contribution >= 4 is 67.7 Å². The average Bonchev–Trinajstić information content (AvgIpc) is 4.17. The molecule has 4 aromatic rings. The van der Waals surface area contributed by atoms with Gasteiger partial charge in [-0.25, -0.2) is 9.36 Å². The monoisotopic (exact) mass is 1200 g/mol. The van der Waals surface area contributed by atoms with Gasteiger partial charge < -0.3 is 47.4 Å². The first-order valence-corrected chi connectivity index (χ1v) is 27.3. The summed E-state index contributed by atoms with van der Waals surface area (Å²) >= 11 is 7.56. The second-order valence-electron chi connectivity index (χ2n) is 19.3. The lowest BCUT2D eigenvalue weighted by Gasteiger charge is -2.40. The zero-order valence-corrected chi connectivity index (χ0v) is 47.2. The molecule has 22 nitrogen and oxygen atoms in total. The fourth-order valence-electron chi connectivity index (χ4n) is 10.4. The van der Waals surface area contributed by atoms with E-state index in [1.54, 1.807) is 6.20 Å². The first-order chi connectivity index (χ1) is 36.9. The molecular formula is C53H66Br2N6O16. The van der Waals surface area contributed by atoms with Crippen LogP contribution >= 0.6 is 31.9 Å². The lowest BCUT2D eigenvalue weighted by atomic mass is 9.70. The topological polar surface area (TPSA) is 256 Å². The van der Waals surface area contributed by atoms with Gasteiger partial charge in [-0.1, -0.05) is 92.9 Å². The minimum absolute atomic E-state index is 0.135. The maximum atomic E-state index is 12.2. The van der Waals surface area contributed by atoms with E-state index in [0.29, 0.717) is 24.6 Å². The highest BCUT2D eigenvalue weighted by Gasteiger charge is 2.50. The van der Waals surface area contributed by atoms with Crippen LogP contribution in [0.1, 0.15) is 141 Å². The molecule has 2 aromatic heterocycles. The molecule has 8 unspecified atom stereocenters. The molecule has 2 aliphatic heterocycles. The van der Waals surface area contributed by atoms with Crippen molar-refractivity contribution in [1.82, 2.24) is 30.0 Å². The van der Waals surface area contributed by atoms with Crippen LogP contribution in [-0.2, 0) is 94.8 Å². The number of fused-ring (bicyclic) bond motifs is 3. The van der Waals surface area contributed by atoms with E-state index in [2.05, 4.69) is 88.9 Å². The molecule has 3 aliphatic rings. The molecule has 4 heterocycles. The number of unbranched alkanes of at least 4 members (excludes halogenated alkanes) is 6. The van der Waals surface area contributed by atoms with Gasteiger partial charge in [0.2, 0.25) is 0 Å². The molecule has 24 heteroatoms. The normalized spacial score (nSPS) is 22.3. The maximum absolute atomic E-state index is 12.2. The van der Waals surface area contributed by atoms with Gasteiger partial charge in [0.05, 0.1) is 44.5 Å². The first-order valence-electron chi connectivity index (χ1n) is 25.8. The summed E-state index contributed by atoms with van der Waals surface area (Å²) in [6.07, 6.45) is 3.96. The number of nitrogens with zero attached hydrogens (tertiary/aromatic N) is 6. The van der Waals surface area contributed by atoms with Crippen LogP contribution < -0.4 is 0 Å². The molecule has 0 amide bonds. The third-order valence-electron chi connectivity index (χ3n) is 13.4. The third kappa shape index (κ3) is 15.6. The Kier molecular flexibility index (Phi) is 21.3. The smallest absolute Gasteiger partial charge is 0.303 e. The van der Waals surface area contributed by atoms with Crippen LogP contribution in [0.2, 0.25) is 0 Å². The van der Waals surface area contributed by atoms with Gasteiger partial charge in [-0.15, -0.1) is 10.2 Å². The molecule has 77 heavy (non-hydrogen) atoms. The standard InChI is InChI=1S/C53H66Br2N6O16/c1-31(62)72-45-29-70-51(49(76-35(5)66)47(45)74-33(3)64)60-26-39(57-59-60)27-68-21-13-9-7-11-19-53(43-23-37(54)15-17-41(43)42-18-16-38(55)24-44(42)53)20-12-8-10-14-22-69-28-40-25-56-58-61(40)52-50(77-36(6)67)48(75-34(4)65)46(30-71-52)73-32(2)63/h15-18,23-26,45-52H,7-14,19-22,27-30H2,1-6H3. The van der Waals surface area contributed by atoms with Crippen molar-refractivity contribution in [1.29, 1.82) is 0 Å². The molecule has 8 atom stereocenters. The van der Waals surface area contributed by atoms with Crippen molar-refractivity contribution in [2.24, 2.45) is 0 Å². The van der Waals surface area contributed by atoms with Gasteiger partial charge in [0.1, 0.15) is 5.69 Å². The van der Waals surface area contributed by atoms with Gasteiger partial charge in [-0.05, 0) is 72.2 Å². The maximum Gasteiger partial charge on any atom is 0.303 e. The highest BCUT2D eigenvalue weighted by molar-refractivity contribution is 9.10. The number of carbonyl (C=O) groups is 6. The number of ether oxygens (including phenoxy) is 10. The summed E-state index contributed by atoms with van der Waals surface area (Å²) < 4.78 is 61.7. The largest absolute Gasteiger partial charge is 0.456 e. The zero-order valence-electron chi connectivity index (χ0n) is 44.0. The average molecular weight is 1200 g/mol. The highest BCUT2D eigenvalue weighted by Crippen LogP contribution is 2.55. The Morgan fingerprint density at radius 2 is 1.03 bits per heavy atom. The Bertz CT molecular complexity index is 2650. The van der Waals surface area contributed by atoms with Crippen molar-refractivity contribution in [2.45, 2.75) is 173 Å². The van der Waals surface area contributed by atoms with Crippen LogP contribution in [0.15, 0.2) is 57.7 Å². The van der Waals surface area contributed by atoms with Gasteiger partial charge in [0, 0.05) is 69.1 Å². The van der Waals surface area contributed by atoms with E-state index in [0.717, 1.165) is 73.2 Å². The van der Waals surface area contributed by atoms with E-state index in [1.807, 2.05) is 0 Å². The summed E-state index contributed by atoms with van der Waals surface area (Å²) in [5, 5.41) is 16.7. The Balaban J connectivity index is 0.896. The van der Waals surface area contributed by atoms with Crippen LogP contribution in [0.4, 0.5) is 0 Å². The molecule has 0 bridgehead atoms. The number of esters is 6. The van der Waals surface area contributed by atoms with E-state index in [-0.39, 0.29) is 31.8 Å². The van der Waals surface area contributed by atoms with E-state index in [4.69, 9.17) is 47.4 Å². The van der Waals surface area contributed by atoms with E-state index >= 15 is 0 Å². The summed E-state index contributed by atoms with van der Waals surface area (Å²) in [5.41, 5.74) is 6.09. The first kappa shape index (κ1) is 59.0. The lowest BCUT2D eigenvalue weighted by Crippen LogP contribution is -2.55. The van der Waals surface area contributed by atoms with Crippen LogP contribution in [-0.4, -0.2) is 129 Å². The number of benzene rings is 2. The molecule has 0 N–H and O–H groups in total. The number of rotatable bonds is 26. The Morgan fingerprint density at radius 1 is 0.571 bits per heavy atom. The van der Waals surface area contributed by atoms with Gasteiger partial charge >= 0.3 is 35.8 Å². The van der Waals surface area contributed by atoms with Crippen molar-refractivity contribution in [3.63, 3.8) is 0 Å². The number of carbonyl (C=O) groups excluding carboxylic acids is 6. The molecule has 0 saturated carbocycles. The number of halogens is 2. The highest BCUT2D eigenvalue weighted by atomic mass is 79.9. The molecule has 0 radical (unpaired) electrons. The summed E-state index contributed by atoms with van der Waals surface area (Å²) in [4.78, 5) is 72.1. The van der Waals surface area contributed by atoms with Crippen molar-refractivity contribution in [3.05, 3.63) is 80.3 Å². The fraction of sp³-hybridized carbons (Fsp3) is 0.585. The van der Waals surface area contributed by atoms with Gasteiger partial charge in [-0.2, -0.15) is 0 Å². The molecule has 7 rings (SSSR count). The second kappa shape index (κ2) is 27.8. The minimum atomic E-state index is -1.19. The third-order valence-corrected chi connectivity index (χ3v) is 14.4. The number of hydrogen-bond donors (Lipinski definition) is 0. The molecule has 0 spiro atoms. The van der Waals surface area contributed by atoms with Crippen LogP contribution in [0.25, 0.3) is 11.1 Å². The van der Waals surface area contributed by atoms with Crippen molar-refractivity contribution < 1.29 is 76.1 Å². The van der Waals surface area contributed by atoms with Gasteiger partial charge in [0.15, 0.2) is 49.1 Å². The van der Waals surface area contributed by atoms with Crippen molar-refractivity contribution in [2.75, 3.05) is 26.4 Å². The Hall–Kier alpha value is -5.66. The fourth-order valence-corrected chi connectivity index (χ4v) is 11.1. The van der Waals surface area contributed by atoms with Gasteiger partial charge in [-0.3, -0.25) is 28.8 Å². The van der Waals surface area contributed by atoms with E-state index < -0.39 is 84.9 Å². The zero-order chi connectivity index (χ0) is 55.2. The predicted octanol–water partition coefficient (Wildman–Crippen LogP) is 7.64. The SMILES string of the molecule is CC(=O)OC1COC(n2cc(COCCCCCCC3(CCCCCCOCc4cnnn4C4OCC(OC(C)=O)C(OC(C)=O)C4OC(C)=O)c4cc(Br)ccc4-c4ccc(Br)cc43)nn2)C(OC(C)=O)C1OC(C)=O. The van der Waals surface area contributed by atoms with Crippen LogP contribution in [0, 0.1) is 0 Å². The molecule has 2 saturated heterocycles. The lowest BCUT2D eigenvalue weighted by molar-refractivity contribution is -0.242. The van der Waals surface area contributed by atoms with E-state index in [9.17, 15) is 28.8 Å². The molecule has 2 fully saturated rings. The molecule has 418 valence electrons. The second-order valence-corrected chi connectivity index (χ2v) is 21.1. The summed E-state index contributed by atoms with van der Waals surface area (Å²) in [5.74, 6) is -3.83. The van der Waals surface area contributed by atoms with Crippen molar-refractivity contribution in [3.8, 4) is 11.1 Å². The summed E-state index contributed by atoms with van der Waals surface area (Å²) in [6, 6.07) is 13.2. The summed E-state index contributed by atoms with van der Waals surface area (Å²) in [6.45, 7) is 8.32. The predicted molar refractivity (Wildman–Crippen MR) is 277 cm³/mol. The quantitative estimate of drug-likeness (QED) is 0.0332. The van der Waals surface area contributed by atoms with Gasteiger partial charge in [0.25, 0.3) is 0 Å². The minimum Gasteiger partial charge on any atom is -0.456 e. The molecule has 2 aromatic carbocycles. The van der Waals surface area contributed by atoms with Crippen LogP contribution in [0.3, 0.4) is 0 Å². The summed E-state index contributed by atoms with van der Waals surface area (Å²) in [7, 11) is 0. The van der Waals surface area contributed by atoms with Crippen LogP contribution in [0.5, 0.6) is 0 Å². The number of hydrogen-bond acceptors (Lipinski definition) is 20. The Labute approximate surface area is 463 Å². The Morgan fingerprint density at radius 3 is 1.53 bits per heavy atom. The number of aromatic nitrogens is 6. The van der Waals surface area contributed by atoms with E-state index in [1.165, 1.54) is 79.4 Å².